The van der Waals surface area contributed by atoms with Crippen LogP contribution in [0.25, 0.3) is 17.1 Å². The number of benzene rings is 1. The molecule has 0 saturated heterocycles. The zero-order valence-corrected chi connectivity index (χ0v) is 10.6. The first-order chi connectivity index (χ1) is 9.79. The normalized spacial score (nSPS) is 10.2. The number of aromatic nitrogens is 3. The van der Waals surface area contributed by atoms with Gasteiger partial charge >= 0.3 is 0 Å². The summed E-state index contributed by atoms with van der Waals surface area (Å²) in [6, 6.07) is 11.3. The zero-order valence-electron chi connectivity index (χ0n) is 10.6. The lowest BCUT2D eigenvalue weighted by molar-refractivity contribution is 1.04. The molecule has 2 heterocycles. The molecule has 0 bridgehead atoms. The molecule has 0 atom stereocenters. The van der Waals surface area contributed by atoms with Crippen LogP contribution in [-0.4, -0.2) is 14.5 Å². The number of pyridine rings is 1. The van der Waals surface area contributed by atoms with Gasteiger partial charge in [0.15, 0.2) is 0 Å². The molecule has 0 aliphatic heterocycles. The van der Waals surface area contributed by atoms with Crippen molar-refractivity contribution in [3.8, 4) is 23.1 Å². The number of rotatable bonds is 2. The number of anilines is 1. The Morgan fingerprint density at radius 3 is 2.90 bits per heavy atom. The second-order valence-corrected chi connectivity index (χ2v) is 4.25. The van der Waals surface area contributed by atoms with E-state index in [0.717, 1.165) is 11.4 Å². The Labute approximate surface area is 116 Å². The second-order valence-electron chi connectivity index (χ2n) is 4.25. The van der Waals surface area contributed by atoms with E-state index in [2.05, 4.69) is 16.0 Å². The van der Waals surface area contributed by atoms with Crippen LogP contribution in [0.4, 0.5) is 5.69 Å². The minimum absolute atomic E-state index is 0.545. The van der Waals surface area contributed by atoms with Crippen LogP contribution in [0.5, 0.6) is 0 Å². The molecular formula is C15H11N5. The predicted octanol–water partition coefficient (Wildman–Crippen LogP) is 2.39. The van der Waals surface area contributed by atoms with Gasteiger partial charge in [0.25, 0.3) is 0 Å². The molecule has 0 unspecified atom stereocenters. The van der Waals surface area contributed by atoms with Crippen LogP contribution < -0.4 is 5.73 Å². The summed E-state index contributed by atoms with van der Waals surface area (Å²) in [5.74, 6) is 0.724. The molecule has 96 valence electrons. The third-order valence-corrected chi connectivity index (χ3v) is 2.97. The van der Waals surface area contributed by atoms with E-state index in [1.165, 1.54) is 0 Å². The van der Waals surface area contributed by atoms with Crippen molar-refractivity contribution in [3.63, 3.8) is 0 Å². The van der Waals surface area contributed by atoms with Crippen molar-refractivity contribution in [3.05, 3.63) is 60.7 Å². The number of hydrogen-bond donors (Lipinski definition) is 1. The topological polar surface area (TPSA) is 80.5 Å². The standard InChI is InChI=1S/C15H11N5/c16-9-12-4-5-18-10-14(12)20-7-6-19-15(20)11-2-1-3-13(17)8-11/h1-8,10H,17H2. The lowest BCUT2D eigenvalue weighted by Crippen LogP contribution is -2.00. The molecule has 0 radical (unpaired) electrons. The monoisotopic (exact) mass is 261 g/mol. The summed E-state index contributed by atoms with van der Waals surface area (Å²) in [5.41, 5.74) is 8.61. The van der Waals surface area contributed by atoms with E-state index >= 15 is 0 Å². The highest BCUT2D eigenvalue weighted by Gasteiger charge is 2.11. The summed E-state index contributed by atoms with van der Waals surface area (Å²) in [7, 11) is 0. The molecule has 0 saturated carbocycles. The summed E-state index contributed by atoms with van der Waals surface area (Å²) in [6.07, 6.45) is 6.73. The SMILES string of the molecule is N#Cc1ccncc1-n1ccnc1-c1cccc(N)c1. The lowest BCUT2D eigenvalue weighted by Gasteiger charge is -2.09. The number of nitrogens with two attached hydrogens (primary N) is 1. The number of imidazole rings is 1. The quantitative estimate of drug-likeness (QED) is 0.718. The fourth-order valence-electron chi connectivity index (χ4n) is 2.06. The highest BCUT2D eigenvalue weighted by molar-refractivity contribution is 5.64. The molecular weight excluding hydrogens is 250 g/mol. The van der Waals surface area contributed by atoms with Gasteiger partial charge < -0.3 is 5.73 Å². The van der Waals surface area contributed by atoms with Gasteiger partial charge in [-0.05, 0) is 18.2 Å². The van der Waals surface area contributed by atoms with Crippen molar-refractivity contribution in [2.24, 2.45) is 0 Å². The number of nitrogen functional groups attached to an aromatic ring is 1. The zero-order chi connectivity index (χ0) is 13.9. The molecule has 0 spiro atoms. The molecule has 5 nitrogen and oxygen atoms in total. The molecule has 1 aromatic carbocycles. The maximum Gasteiger partial charge on any atom is 0.144 e. The Bertz CT molecular complexity index is 798. The van der Waals surface area contributed by atoms with Gasteiger partial charge in [-0.25, -0.2) is 4.98 Å². The van der Waals surface area contributed by atoms with Crippen LogP contribution in [0.15, 0.2) is 55.1 Å². The third kappa shape index (κ3) is 1.99. The molecule has 2 N–H and O–H groups in total. The molecule has 2 aromatic heterocycles. The largest absolute Gasteiger partial charge is 0.399 e. The minimum Gasteiger partial charge on any atom is -0.399 e. The fraction of sp³-hybridized carbons (Fsp3) is 0. The van der Waals surface area contributed by atoms with Crippen molar-refractivity contribution in [1.82, 2.24) is 14.5 Å². The van der Waals surface area contributed by atoms with Gasteiger partial charge in [-0.2, -0.15) is 5.26 Å². The second kappa shape index (κ2) is 4.86. The molecule has 3 rings (SSSR count). The highest BCUT2D eigenvalue weighted by atomic mass is 15.1. The molecule has 0 amide bonds. The average molecular weight is 261 g/mol. The summed E-state index contributed by atoms with van der Waals surface area (Å²) in [6.45, 7) is 0. The van der Waals surface area contributed by atoms with Crippen molar-refractivity contribution in [2.75, 3.05) is 5.73 Å². The van der Waals surface area contributed by atoms with E-state index in [9.17, 15) is 5.26 Å². The number of hydrogen-bond acceptors (Lipinski definition) is 4. The molecule has 5 heteroatoms. The first kappa shape index (κ1) is 11.9. The Hall–Kier alpha value is -3.13. The number of nitriles is 1. The van der Waals surface area contributed by atoms with Crippen molar-refractivity contribution < 1.29 is 0 Å². The van der Waals surface area contributed by atoms with Crippen LogP contribution in [-0.2, 0) is 0 Å². The van der Waals surface area contributed by atoms with Gasteiger partial charge in [-0.15, -0.1) is 0 Å². The van der Waals surface area contributed by atoms with Crippen LogP contribution in [0.3, 0.4) is 0 Å². The van der Waals surface area contributed by atoms with E-state index in [0.29, 0.717) is 16.9 Å². The summed E-state index contributed by atoms with van der Waals surface area (Å²) < 4.78 is 1.83. The van der Waals surface area contributed by atoms with Gasteiger partial charge in [-0.3, -0.25) is 9.55 Å². The van der Waals surface area contributed by atoms with Gasteiger partial charge in [0.2, 0.25) is 0 Å². The summed E-state index contributed by atoms with van der Waals surface area (Å²) in [5, 5.41) is 9.19. The van der Waals surface area contributed by atoms with Crippen molar-refractivity contribution >= 4 is 5.69 Å². The van der Waals surface area contributed by atoms with Crippen LogP contribution in [0.2, 0.25) is 0 Å². The third-order valence-electron chi connectivity index (χ3n) is 2.97. The number of nitrogens with zero attached hydrogens (tertiary/aromatic N) is 4. The van der Waals surface area contributed by atoms with Crippen LogP contribution in [0, 0.1) is 11.3 Å². The van der Waals surface area contributed by atoms with E-state index < -0.39 is 0 Å². The maximum atomic E-state index is 9.19. The van der Waals surface area contributed by atoms with Crippen molar-refractivity contribution in [1.29, 1.82) is 5.26 Å². The van der Waals surface area contributed by atoms with E-state index in [-0.39, 0.29) is 0 Å². The highest BCUT2D eigenvalue weighted by Crippen LogP contribution is 2.24. The smallest absolute Gasteiger partial charge is 0.144 e. The first-order valence-electron chi connectivity index (χ1n) is 6.03. The maximum absolute atomic E-state index is 9.19. The lowest BCUT2D eigenvalue weighted by atomic mass is 10.2. The molecule has 20 heavy (non-hydrogen) atoms. The summed E-state index contributed by atoms with van der Waals surface area (Å²) in [4.78, 5) is 8.43. The first-order valence-corrected chi connectivity index (χ1v) is 6.03. The van der Waals surface area contributed by atoms with Gasteiger partial charge in [0.1, 0.15) is 11.9 Å². The van der Waals surface area contributed by atoms with Crippen molar-refractivity contribution in [2.45, 2.75) is 0 Å². The molecule has 0 fully saturated rings. The van der Waals surface area contributed by atoms with E-state index in [1.807, 2.05) is 28.8 Å². The Morgan fingerprint density at radius 1 is 1.20 bits per heavy atom. The molecule has 0 aliphatic rings. The molecule has 0 aliphatic carbocycles. The Morgan fingerprint density at radius 2 is 2.10 bits per heavy atom. The van der Waals surface area contributed by atoms with E-state index in [4.69, 9.17) is 5.73 Å². The van der Waals surface area contributed by atoms with Gasteiger partial charge in [0, 0.05) is 29.8 Å². The fourth-order valence-corrected chi connectivity index (χ4v) is 2.06. The Balaban J connectivity index is 2.19. The summed E-state index contributed by atoms with van der Waals surface area (Å²) >= 11 is 0. The average Bonchev–Trinajstić information content (AvgIpc) is 2.96. The van der Waals surface area contributed by atoms with E-state index in [1.54, 1.807) is 30.9 Å². The van der Waals surface area contributed by atoms with Gasteiger partial charge in [0.05, 0.1) is 17.4 Å². The Kier molecular flexibility index (Phi) is 2.90. The minimum atomic E-state index is 0.545. The molecule has 3 aromatic rings. The van der Waals surface area contributed by atoms with Crippen LogP contribution >= 0.6 is 0 Å². The predicted molar refractivity (Wildman–Crippen MR) is 75.9 cm³/mol. The van der Waals surface area contributed by atoms with Gasteiger partial charge in [-0.1, -0.05) is 12.1 Å². The van der Waals surface area contributed by atoms with Crippen LogP contribution in [0.1, 0.15) is 5.56 Å².